The van der Waals surface area contributed by atoms with E-state index in [9.17, 15) is 14.9 Å². The molecule has 0 bridgehead atoms. The maximum absolute atomic E-state index is 12.8. The lowest BCUT2D eigenvalue weighted by atomic mass is 9.86. The van der Waals surface area contributed by atoms with Gasteiger partial charge in [-0.05, 0) is 19.8 Å². The summed E-state index contributed by atoms with van der Waals surface area (Å²) in [5.74, 6) is -0.0760. The van der Waals surface area contributed by atoms with Gasteiger partial charge in [-0.3, -0.25) is 9.59 Å². The fourth-order valence-electron chi connectivity index (χ4n) is 3.90. The highest BCUT2D eigenvalue weighted by atomic mass is 16.5. The van der Waals surface area contributed by atoms with Crippen molar-refractivity contribution in [3.8, 4) is 6.07 Å². The highest BCUT2D eigenvalue weighted by Crippen LogP contribution is 2.40. The average molecular weight is 291 g/mol. The lowest BCUT2D eigenvalue weighted by Gasteiger charge is -2.35. The monoisotopic (exact) mass is 291 g/mol. The molecule has 114 valence electrons. The normalized spacial score (nSPS) is 31.1. The second kappa shape index (κ2) is 5.30. The van der Waals surface area contributed by atoms with Crippen LogP contribution in [0.1, 0.15) is 32.6 Å². The molecule has 6 nitrogen and oxygen atoms in total. The van der Waals surface area contributed by atoms with Gasteiger partial charge in [0.1, 0.15) is 12.0 Å². The van der Waals surface area contributed by atoms with Gasteiger partial charge < -0.3 is 14.5 Å². The van der Waals surface area contributed by atoms with E-state index in [2.05, 4.69) is 6.07 Å². The van der Waals surface area contributed by atoms with Gasteiger partial charge in [-0.15, -0.1) is 0 Å². The number of hydrogen-bond acceptors (Lipinski definition) is 4. The number of nitriles is 1. The van der Waals surface area contributed by atoms with Gasteiger partial charge in [0.25, 0.3) is 0 Å². The van der Waals surface area contributed by atoms with Crippen LogP contribution in [0.4, 0.5) is 0 Å². The number of hydrogen-bond donors (Lipinski definition) is 0. The standard InChI is InChI=1S/C15H21N3O3/c1-2-18-11-7-17(8-12(11)21-9-13(18)19)14(20)15(10-16)5-3-4-6-15/h11-12H,2-9H2,1H3/t11-,12-/m1/s1. The van der Waals surface area contributed by atoms with E-state index >= 15 is 0 Å². The van der Waals surface area contributed by atoms with E-state index in [-0.39, 0.29) is 30.6 Å². The Hall–Kier alpha value is -1.61. The maximum Gasteiger partial charge on any atom is 0.248 e. The molecule has 1 saturated carbocycles. The van der Waals surface area contributed by atoms with Crippen LogP contribution >= 0.6 is 0 Å². The number of morpholine rings is 1. The molecule has 2 aliphatic heterocycles. The van der Waals surface area contributed by atoms with E-state index in [4.69, 9.17) is 4.74 Å². The summed E-state index contributed by atoms with van der Waals surface area (Å²) in [5, 5.41) is 9.45. The van der Waals surface area contributed by atoms with Crippen LogP contribution in [0, 0.1) is 16.7 Å². The third-order valence-electron chi connectivity index (χ3n) is 5.09. The lowest BCUT2D eigenvalue weighted by molar-refractivity contribution is -0.152. The van der Waals surface area contributed by atoms with Gasteiger partial charge in [0, 0.05) is 19.6 Å². The van der Waals surface area contributed by atoms with Crippen molar-refractivity contribution in [3.05, 3.63) is 0 Å². The summed E-state index contributed by atoms with van der Waals surface area (Å²) in [6.07, 6.45) is 3.09. The molecule has 3 rings (SSSR count). The van der Waals surface area contributed by atoms with E-state index < -0.39 is 5.41 Å². The number of fused-ring (bicyclic) bond motifs is 1. The number of likely N-dealkylation sites (N-methyl/N-ethyl adjacent to an activating group) is 1. The van der Waals surface area contributed by atoms with Gasteiger partial charge in [-0.2, -0.15) is 5.26 Å². The summed E-state index contributed by atoms with van der Waals surface area (Å²) in [4.78, 5) is 28.2. The molecule has 2 heterocycles. The van der Waals surface area contributed by atoms with E-state index in [0.717, 1.165) is 12.8 Å². The van der Waals surface area contributed by atoms with Crippen molar-refractivity contribution in [3.63, 3.8) is 0 Å². The maximum atomic E-state index is 12.8. The Kier molecular flexibility index (Phi) is 3.62. The zero-order valence-corrected chi connectivity index (χ0v) is 12.4. The van der Waals surface area contributed by atoms with Gasteiger partial charge in [-0.1, -0.05) is 12.8 Å². The SMILES string of the molecule is CCN1C(=O)CO[C@@H]2CN(C(=O)C3(C#N)CCCC3)C[C@H]21. The molecule has 3 aliphatic rings. The quantitative estimate of drug-likeness (QED) is 0.744. The van der Waals surface area contributed by atoms with Gasteiger partial charge in [0.2, 0.25) is 11.8 Å². The molecule has 21 heavy (non-hydrogen) atoms. The predicted octanol–water partition coefficient (Wildman–Crippen LogP) is 0.528. The van der Waals surface area contributed by atoms with Crippen molar-refractivity contribution in [2.24, 2.45) is 5.41 Å². The first-order valence-electron chi connectivity index (χ1n) is 7.73. The lowest BCUT2D eigenvalue weighted by Crippen LogP contribution is -2.53. The van der Waals surface area contributed by atoms with Crippen LogP contribution in [0.3, 0.4) is 0 Å². The molecule has 2 atom stereocenters. The largest absolute Gasteiger partial charge is 0.364 e. The highest BCUT2D eigenvalue weighted by Gasteiger charge is 2.50. The Morgan fingerprint density at radius 2 is 2.14 bits per heavy atom. The second-order valence-electron chi connectivity index (χ2n) is 6.21. The third-order valence-corrected chi connectivity index (χ3v) is 5.09. The number of ether oxygens (including phenoxy) is 1. The molecule has 2 amide bonds. The minimum atomic E-state index is -0.839. The van der Waals surface area contributed by atoms with Crippen LogP contribution in [0.15, 0.2) is 0 Å². The fraction of sp³-hybridized carbons (Fsp3) is 0.800. The fourth-order valence-corrected chi connectivity index (χ4v) is 3.90. The smallest absolute Gasteiger partial charge is 0.248 e. The molecule has 0 unspecified atom stereocenters. The number of nitrogens with zero attached hydrogens (tertiary/aromatic N) is 3. The second-order valence-corrected chi connectivity index (χ2v) is 6.21. The molecule has 0 spiro atoms. The van der Waals surface area contributed by atoms with Crippen LogP contribution in [-0.2, 0) is 14.3 Å². The molecule has 1 aliphatic carbocycles. The van der Waals surface area contributed by atoms with Crippen molar-refractivity contribution < 1.29 is 14.3 Å². The van der Waals surface area contributed by atoms with Crippen molar-refractivity contribution in [2.45, 2.75) is 44.8 Å². The van der Waals surface area contributed by atoms with E-state index in [0.29, 0.717) is 32.5 Å². The number of likely N-dealkylation sites (tertiary alicyclic amines) is 1. The van der Waals surface area contributed by atoms with Crippen LogP contribution in [0.2, 0.25) is 0 Å². The third kappa shape index (κ3) is 2.20. The summed E-state index contributed by atoms with van der Waals surface area (Å²) < 4.78 is 5.59. The van der Waals surface area contributed by atoms with Gasteiger partial charge in [0.15, 0.2) is 0 Å². The first-order chi connectivity index (χ1) is 10.1. The molecule has 0 N–H and O–H groups in total. The molecule has 2 saturated heterocycles. The van der Waals surface area contributed by atoms with Crippen molar-refractivity contribution in [1.82, 2.24) is 9.80 Å². The molecule has 0 aromatic carbocycles. The summed E-state index contributed by atoms with van der Waals surface area (Å²) in [6.45, 7) is 3.66. The number of carbonyl (C=O) groups is 2. The molecule has 6 heteroatoms. The molecule has 3 fully saturated rings. The van der Waals surface area contributed by atoms with Crippen LogP contribution in [0.25, 0.3) is 0 Å². The van der Waals surface area contributed by atoms with Crippen LogP contribution in [-0.4, -0.2) is 60.0 Å². The Morgan fingerprint density at radius 3 is 2.76 bits per heavy atom. The molecular formula is C15H21N3O3. The average Bonchev–Trinajstić information content (AvgIpc) is 3.13. The van der Waals surface area contributed by atoms with Crippen LogP contribution < -0.4 is 0 Å². The molecule has 0 radical (unpaired) electrons. The summed E-state index contributed by atoms with van der Waals surface area (Å²) in [7, 11) is 0. The molecule has 0 aromatic rings. The summed E-state index contributed by atoms with van der Waals surface area (Å²) >= 11 is 0. The van der Waals surface area contributed by atoms with E-state index in [1.54, 1.807) is 9.80 Å². The minimum absolute atomic E-state index is 0.0103. The zero-order valence-electron chi connectivity index (χ0n) is 12.4. The minimum Gasteiger partial charge on any atom is -0.364 e. The number of rotatable bonds is 2. The molecule has 0 aromatic heterocycles. The number of amides is 2. The Bertz CT molecular complexity index is 493. The summed E-state index contributed by atoms with van der Waals surface area (Å²) in [5.41, 5.74) is -0.839. The van der Waals surface area contributed by atoms with Crippen LogP contribution in [0.5, 0.6) is 0 Å². The Morgan fingerprint density at radius 1 is 1.43 bits per heavy atom. The van der Waals surface area contributed by atoms with Crippen molar-refractivity contribution in [1.29, 1.82) is 5.26 Å². The highest BCUT2D eigenvalue weighted by molar-refractivity contribution is 5.86. The Balaban J connectivity index is 1.76. The topological polar surface area (TPSA) is 73.6 Å². The first-order valence-corrected chi connectivity index (χ1v) is 7.73. The van der Waals surface area contributed by atoms with Gasteiger partial charge >= 0.3 is 0 Å². The first kappa shape index (κ1) is 14.3. The predicted molar refractivity (Wildman–Crippen MR) is 74.0 cm³/mol. The van der Waals surface area contributed by atoms with E-state index in [1.807, 2.05) is 6.92 Å². The number of carbonyl (C=O) groups excluding carboxylic acids is 2. The van der Waals surface area contributed by atoms with Crippen molar-refractivity contribution >= 4 is 11.8 Å². The molecular weight excluding hydrogens is 270 g/mol. The van der Waals surface area contributed by atoms with Crippen molar-refractivity contribution in [2.75, 3.05) is 26.2 Å². The van der Waals surface area contributed by atoms with E-state index in [1.165, 1.54) is 0 Å². The summed E-state index contributed by atoms with van der Waals surface area (Å²) in [6, 6.07) is 2.20. The van der Waals surface area contributed by atoms with Gasteiger partial charge in [0.05, 0.1) is 18.2 Å². The zero-order chi connectivity index (χ0) is 15.0. The Labute approximate surface area is 124 Å². The van der Waals surface area contributed by atoms with Gasteiger partial charge in [-0.25, -0.2) is 0 Å².